The summed E-state index contributed by atoms with van der Waals surface area (Å²) in [6.07, 6.45) is 2.75. The average molecular weight is 285 g/mol. The molecule has 108 valence electrons. The maximum absolute atomic E-state index is 13.3. The number of fused-ring (bicyclic) bond motifs is 2. The second-order valence-corrected chi connectivity index (χ2v) is 5.69. The van der Waals surface area contributed by atoms with Crippen LogP contribution in [0.15, 0.2) is 30.6 Å². The Balaban J connectivity index is 1.54. The normalized spacial score (nSPS) is 23.9. The van der Waals surface area contributed by atoms with Crippen molar-refractivity contribution in [2.75, 3.05) is 22.9 Å². The molecular formula is C15H16FN5. The molecule has 3 aliphatic rings. The zero-order valence-electron chi connectivity index (χ0n) is 11.8. The molecule has 6 heteroatoms. The number of nitrogens with zero attached hydrogens (tertiary/aromatic N) is 5. The monoisotopic (exact) mass is 285 g/mol. The first kappa shape index (κ1) is 12.5. The Hall–Kier alpha value is -2.24. The van der Waals surface area contributed by atoms with E-state index in [1.165, 1.54) is 6.07 Å². The molecule has 0 N–H and O–H groups in total. The average Bonchev–Trinajstić information content (AvgIpc) is 2.47. The zero-order valence-corrected chi connectivity index (χ0v) is 11.8. The number of aryl methyl sites for hydroxylation is 1. The highest BCUT2D eigenvalue weighted by molar-refractivity contribution is 5.51. The molecule has 2 unspecified atom stereocenters. The van der Waals surface area contributed by atoms with Crippen molar-refractivity contribution in [2.45, 2.75) is 25.4 Å². The molecule has 2 bridgehead atoms. The maximum atomic E-state index is 13.3. The molecule has 5 rings (SSSR count). The Morgan fingerprint density at radius 2 is 1.95 bits per heavy atom. The minimum absolute atomic E-state index is 0.383. The van der Waals surface area contributed by atoms with Gasteiger partial charge in [0.05, 0.1) is 12.1 Å². The van der Waals surface area contributed by atoms with Crippen LogP contribution in [0.4, 0.5) is 16.0 Å². The molecule has 0 aliphatic carbocycles. The molecule has 3 fully saturated rings. The van der Waals surface area contributed by atoms with Crippen molar-refractivity contribution in [1.82, 2.24) is 15.0 Å². The standard InChI is InChI=1S/C15H16FN5/c1-10-5-15(18-9-17-10)20-7-11-6-12(8-20)21(11)14-4-2-3-13(16)19-14/h2-5,9,11-12H,6-8H2,1H3. The topological polar surface area (TPSA) is 45.2 Å². The van der Waals surface area contributed by atoms with E-state index in [1.54, 1.807) is 12.4 Å². The van der Waals surface area contributed by atoms with Gasteiger partial charge in [-0.25, -0.2) is 15.0 Å². The van der Waals surface area contributed by atoms with Crippen LogP contribution < -0.4 is 9.80 Å². The van der Waals surface area contributed by atoms with Crippen LogP contribution in [0.5, 0.6) is 0 Å². The molecule has 5 heterocycles. The first-order valence-electron chi connectivity index (χ1n) is 7.15. The molecule has 0 spiro atoms. The third kappa shape index (κ3) is 2.11. The Morgan fingerprint density at radius 3 is 2.67 bits per heavy atom. The second-order valence-electron chi connectivity index (χ2n) is 5.69. The molecule has 0 aromatic carbocycles. The highest BCUT2D eigenvalue weighted by Crippen LogP contribution is 2.37. The molecule has 0 radical (unpaired) electrons. The van der Waals surface area contributed by atoms with Gasteiger partial charge >= 0.3 is 0 Å². The predicted octanol–water partition coefficient (Wildman–Crippen LogP) is 1.79. The minimum atomic E-state index is -0.416. The molecule has 2 atom stereocenters. The summed E-state index contributed by atoms with van der Waals surface area (Å²) in [6.45, 7) is 3.76. The van der Waals surface area contributed by atoms with Crippen molar-refractivity contribution in [3.05, 3.63) is 42.2 Å². The molecule has 2 aromatic heterocycles. The third-order valence-corrected chi connectivity index (χ3v) is 4.27. The van der Waals surface area contributed by atoms with Crippen LogP contribution in [-0.2, 0) is 0 Å². The van der Waals surface area contributed by atoms with Gasteiger partial charge in [0.2, 0.25) is 5.95 Å². The lowest BCUT2D eigenvalue weighted by molar-refractivity contribution is 0.287. The van der Waals surface area contributed by atoms with Crippen LogP contribution in [0, 0.1) is 12.9 Å². The minimum Gasteiger partial charge on any atom is -0.352 e. The van der Waals surface area contributed by atoms with Crippen LogP contribution in [0.3, 0.4) is 0 Å². The molecule has 0 saturated carbocycles. The van der Waals surface area contributed by atoms with Crippen LogP contribution in [0.25, 0.3) is 0 Å². The number of piperidine rings is 1. The van der Waals surface area contributed by atoms with E-state index in [9.17, 15) is 4.39 Å². The van der Waals surface area contributed by atoms with Crippen molar-refractivity contribution in [3.63, 3.8) is 0 Å². The zero-order chi connectivity index (χ0) is 14.4. The van der Waals surface area contributed by atoms with Gasteiger partial charge in [0.15, 0.2) is 0 Å². The lowest BCUT2D eigenvalue weighted by Crippen LogP contribution is -2.69. The van der Waals surface area contributed by atoms with E-state index in [-0.39, 0.29) is 0 Å². The van der Waals surface area contributed by atoms with Gasteiger partial charge in [0.25, 0.3) is 0 Å². The summed E-state index contributed by atoms with van der Waals surface area (Å²) >= 11 is 0. The number of halogens is 1. The number of piperazine rings is 1. The predicted molar refractivity (Wildman–Crippen MR) is 77.8 cm³/mol. The van der Waals surface area contributed by atoms with E-state index in [2.05, 4.69) is 24.8 Å². The molecule has 0 amide bonds. The number of pyridine rings is 1. The highest BCUT2D eigenvalue weighted by atomic mass is 19.1. The van der Waals surface area contributed by atoms with Crippen LogP contribution in [-0.4, -0.2) is 40.1 Å². The highest BCUT2D eigenvalue weighted by Gasteiger charge is 2.45. The number of anilines is 2. The summed E-state index contributed by atoms with van der Waals surface area (Å²) < 4.78 is 13.3. The molecule has 2 aromatic rings. The lowest BCUT2D eigenvalue weighted by atomic mass is 9.87. The fourth-order valence-electron chi connectivity index (χ4n) is 3.33. The summed E-state index contributed by atoms with van der Waals surface area (Å²) in [7, 11) is 0. The van der Waals surface area contributed by atoms with Gasteiger partial charge in [-0.1, -0.05) is 6.07 Å². The van der Waals surface area contributed by atoms with Crippen molar-refractivity contribution < 1.29 is 4.39 Å². The van der Waals surface area contributed by atoms with E-state index < -0.39 is 5.95 Å². The second kappa shape index (κ2) is 4.65. The molecular weight excluding hydrogens is 269 g/mol. The van der Waals surface area contributed by atoms with Gasteiger partial charge < -0.3 is 9.80 Å². The van der Waals surface area contributed by atoms with E-state index in [0.717, 1.165) is 36.8 Å². The van der Waals surface area contributed by atoms with E-state index in [0.29, 0.717) is 12.1 Å². The van der Waals surface area contributed by atoms with Gasteiger partial charge in [-0.15, -0.1) is 0 Å². The van der Waals surface area contributed by atoms with Crippen molar-refractivity contribution in [2.24, 2.45) is 0 Å². The number of hydrogen-bond acceptors (Lipinski definition) is 5. The van der Waals surface area contributed by atoms with Crippen LogP contribution in [0.2, 0.25) is 0 Å². The third-order valence-electron chi connectivity index (χ3n) is 4.27. The summed E-state index contributed by atoms with van der Waals surface area (Å²) in [4.78, 5) is 17.0. The molecule has 3 aliphatic heterocycles. The quantitative estimate of drug-likeness (QED) is 0.787. The lowest BCUT2D eigenvalue weighted by Gasteiger charge is -2.57. The van der Waals surface area contributed by atoms with Crippen molar-refractivity contribution in [1.29, 1.82) is 0 Å². The van der Waals surface area contributed by atoms with Crippen molar-refractivity contribution >= 4 is 11.6 Å². The smallest absolute Gasteiger partial charge is 0.214 e. The van der Waals surface area contributed by atoms with Gasteiger partial charge in [0, 0.05) is 24.8 Å². The Labute approximate surface area is 122 Å². The molecule has 3 saturated heterocycles. The van der Waals surface area contributed by atoms with Gasteiger partial charge in [-0.05, 0) is 25.5 Å². The SMILES string of the molecule is Cc1cc(N2CC3CC(C2)N3c2cccc(F)n2)ncn1. The fourth-order valence-corrected chi connectivity index (χ4v) is 3.33. The van der Waals surface area contributed by atoms with Gasteiger partial charge in [-0.3, -0.25) is 0 Å². The maximum Gasteiger partial charge on any atom is 0.214 e. The fraction of sp³-hybridized carbons (Fsp3) is 0.400. The first-order chi connectivity index (χ1) is 10.2. The van der Waals surface area contributed by atoms with Gasteiger partial charge in [0.1, 0.15) is 18.0 Å². The summed E-state index contributed by atoms with van der Waals surface area (Å²) in [5.41, 5.74) is 0.975. The summed E-state index contributed by atoms with van der Waals surface area (Å²) in [5, 5.41) is 0. The summed E-state index contributed by atoms with van der Waals surface area (Å²) in [6, 6.07) is 7.76. The van der Waals surface area contributed by atoms with Gasteiger partial charge in [-0.2, -0.15) is 4.39 Å². The largest absolute Gasteiger partial charge is 0.352 e. The number of aromatic nitrogens is 3. The first-order valence-corrected chi connectivity index (χ1v) is 7.15. The Bertz CT molecular complexity index is 665. The molecule has 5 nitrogen and oxygen atoms in total. The van der Waals surface area contributed by atoms with E-state index in [4.69, 9.17) is 0 Å². The van der Waals surface area contributed by atoms with Crippen LogP contribution >= 0.6 is 0 Å². The summed E-state index contributed by atoms with van der Waals surface area (Å²) in [5.74, 6) is 1.31. The van der Waals surface area contributed by atoms with E-state index >= 15 is 0 Å². The number of hydrogen-bond donors (Lipinski definition) is 0. The Morgan fingerprint density at radius 1 is 1.14 bits per heavy atom. The van der Waals surface area contributed by atoms with Crippen LogP contribution in [0.1, 0.15) is 12.1 Å². The van der Waals surface area contributed by atoms with Crippen molar-refractivity contribution in [3.8, 4) is 0 Å². The van der Waals surface area contributed by atoms with E-state index in [1.807, 2.05) is 19.1 Å². The number of rotatable bonds is 2. The molecule has 21 heavy (non-hydrogen) atoms. The Kier molecular flexibility index (Phi) is 2.77.